The second kappa shape index (κ2) is 3.47. The Kier molecular flexibility index (Phi) is 2.16. The van der Waals surface area contributed by atoms with Crippen LogP contribution in [0.1, 0.15) is 5.56 Å². The smallest absolute Gasteiger partial charge is 0.149 e. The van der Waals surface area contributed by atoms with Crippen LogP contribution < -0.4 is 0 Å². The maximum atomic E-state index is 5.20. The highest BCUT2D eigenvalue weighted by atomic mass is 16.6. The predicted octanol–water partition coefficient (Wildman–Crippen LogP) is 1.99. The highest BCUT2D eigenvalue weighted by Gasteiger charge is 2.33. The summed E-state index contributed by atoms with van der Waals surface area (Å²) < 4.78 is 5.20. The van der Waals surface area contributed by atoms with E-state index in [4.69, 9.17) is 4.74 Å². The van der Waals surface area contributed by atoms with Gasteiger partial charge in [-0.2, -0.15) is 0 Å². The average Bonchev–Trinajstić information content (AvgIpc) is 2.95. The zero-order valence-electron chi connectivity index (χ0n) is 7.23. The molecular weight excluding hydrogens is 160 g/mol. The Morgan fingerprint density at radius 3 is 2.69 bits per heavy atom. The standard InChI is InChI=1S/C12H10O/c1-2-11-12(13-11)9-8-10-6-4-3-5-7-10/h2-7,11-12H,1H2/t11-,12-/m0/s1. The molecule has 0 amide bonds. The summed E-state index contributed by atoms with van der Waals surface area (Å²) >= 11 is 0. The van der Waals surface area contributed by atoms with E-state index in [1.165, 1.54) is 0 Å². The molecule has 0 aliphatic carbocycles. The van der Waals surface area contributed by atoms with Crippen molar-refractivity contribution in [3.63, 3.8) is 0 Å². The van der Waals surface area contributed by atoms with Gasteiger partial charge < -0.3 is 4.74 Å². The lowest BCUT2D eigenvalue weighted by Crippen LogP contribution is -1.83. The first-order valence-electron chi connectivity index (χ1n) is 4.25. The summed E-state index contributed by atoms with van der Waals surface area (Å²) in [5.41, 5.74) is 1.03. The third kappa shape index (κ3) is 1.99. The molecular formula is C12H10O. The van der Waals surface area contributed by atoms with Crippen molar-refractivity contribution < 1.29 is 4.74 Å². The minimum absolute atomic E-state index is 0.0673. The summed E-state index contributed by atoms with van der Waals surface area (Å²) in [5, 5.41) is 0. The molecule has 0 saturated carbocycles. The van der Waals surface area contributed by atoms with Crippen molar-refractivity contribution in [2.75, 3.05) is 0 Å². The maximum Gasteiger partial charge on any atom is 0.149 e. The number of hydrogen-bond donors (Lipinski definition) is 0. The van der Waals surface area contributed by atoms with Crippen LogP contribution in [-0.2, 0) is 4.74 Å². The first kappa shape index (κ1) is 8.10. The molecule has 13 heavy (non-hydrogen) atoms. The molecule has 0 radical (unpaired) electrons. The lowest BCUT2D eigenvalue weighted by atomic mass is 10.2. The van der Waals surface area contributed by atoms with Crippen molar-refractivity contribution in [3.05, 3.63) is 48.6 Å². The molecule has 0 unspecified atom stereocenters. The van der Waals surface area contributed by atoms with Crippen molar-refractivity contribution in [1.82, 2.24) is 0 Å². The van der Waals surface area contributed by atoms with Crippen LogP contribution in [0.2, 0.25) is 0 Å². The zero-order valence-corrected chi connectivity index (χ0v) is 7.23. The van der Waals surface area contributed by atoms with E-state index in [0.29, 0.717) is 0 Å². The Labute approximate surface area is 78.0 Å². The molecule has 1 aliphatic rings. The zero-order chi connectivity index (χ0) is 9.10. The lowest BCUT2D eigenvalue weighted by molar-refractivity contribution is 0.417. The molecule has 2 rings (SSSR count). The minimum atomic E-state index is 0.0673. The predicted molar refractivity (Wildman–Crippen MR) is 52.2 cm³/mol. The Morgan fingerprint density at radius 1 is 1.31 bits per heavy atom. The molecule has 0 aromatic heterocycles. The second-order valence-electron chi connectivity index (χ2n) is 2.89. The topological polar surface area (TPSA) is 12.5 Å². The van der Waals surface area contributed by atoms with Crippen LogP contribution in [0.5, 0.6) is 0 Å². The maximum absolute atomic E-state index is 5.20. The molecule has 1 nitrogen and oxygen atoms in total. The van der Waals surface area contributed by atoms with Crippen LogP contribution in [0, 0.1) is 11.8 Å². The monoisotopic (exact) mass is 170 g/mol. The summed E-state index contributed by atoms with van der Waals surface area (Å²) in [6.07, 6.45) is 2.00. The average molecular weight is 170 g/mol. The number of epoxide rings is 1. The summed E-state index contributed by atoms with van der Waals surface area (Å²) in [6, 6.07) is 9.90. The first-order chi connectivity index (χ1) is 6.40. The van der Waals surface area contributed by atoms with Crippen molar-refractivity contribution >= 4 is 0 Å². The summed E-state index contributed by atoms with van der Waals surface area (Å²) in [5.74, 6) is 6.08. The van der Waals surface area contributed by atoms with Gasteiger partial charge in [0.1, 0.15) is 12.2 Å². The molecule has 1 aromatic rings. The Bertz CT molecular complexity index is 356. The second-order valence-corrected chi connectivity index (χ2v) is 2.89. The number of rotatable bonds is 1. The van der Waals surface area contributed by atoms with E-state index in [1.54, 1.807) is 6.08 Å². The lowest BCUT2D eigenvalue weighted by Gasteiger charge is -1.84. The fourth-order valence-electron chi connectivity index (χ4n) is 1.10. The van der Waals surface area contributed by atoms with Gasteiger partial charge >= 0.3 is 0 Å². The van der Waals surface area contributed by atoms with Gasteiger partial charge in [-0.25, -0.2) is 0 Å². The van der Waals surface area contributed by atoms with Gasteiger partial charge in [-0.05, 0) is 12.1 Å². The molecule has 64 valence electrons. The third-order valence-corrected chi connectivity index (χ3v) is 1.89. The van der Waals surface area contributed by atoms with Crippen LogP contribution in [0.3, 0.4) is 0 Å². The van der Waals surface area contributed by atoms with Crippen molar-refractivity contribution in [2.24, 2.45) is 0 Å². The molecule has 1 heterocycles. The molecule has 0 N–H and O–H groups in total. The Balaban J connectivity index is 2.02. The first-order valence-corrected chi connectivity index (χ1v) is 4.25. The molecule has 1 aliphatic heterocycles. The van der Waals surface area contributed by atoms with Gasteiger partial charge in [-0.3, -0.25) is 0 Å². The SMILES string of the molecule is C=C[C@@H]1O[C@H]1C#Cc1ccccc1. The fraction of sp³-hybridized carbons (Fsp3) is 0.167. The van der Waals surface area contributed by atoms with E-state index >= 15 is 0 Å². The molecule has 1 aromatic carbocycles. The quantitative estimate of drug-likeness (QED) is 0.357. The number of benzene rings is 1. The number of hydrogen-bond acceptors (Lipinski definition) is 1. The Hall–Kier alpha value is -1.52. The number of ether oxygens (including phenoxy) is 1. The van der Waals surface area contributed by atoms with Crippen LogP contribution >= 0.6 is 0 Å². The molecule has 1 heteroatoms. The van der Waals surface area contributed by atoms with Crippen LogP contribution in [0.4, 0.5) is 0 Å². The van der Waals surface area contributed by atoms with Crippen molar-refractivity contribution in [2.45, 2.75) is 12.2 Å². The van der Waals surface area contributed by atoms with Gasteiger partial charge in [0.25, 0.3) is 0 Å². The largest absolute Gasteiger partial charge is 0.351 e. The van der Waals surface area contributed by atoms with Gasteiger partial charge in [-0.15, -0.1) is 6.58 Å². The Morgan fingerprint density at radius 2 is 2.08 bits per heavy atom. The van der Waals surface area contributed by atoms with Crippen LogP contribution in [0.15, 0.2) is 43.0 Å². The van der Waals surface area contributed by atoms with Crippen LogP contribution in [-0.4, -0.2) is 12.2 Å². The third-order valence-electron chi connectivity index (χ3n) is 1.89. The van der Waals surface area contributed by atoms with E-state index in [-0.39, 0.29) is 12.2 Å². The van der Waals surface area contributed by atoms with Gasteiger partial charge in [0.15, 0.2) is 0 Å². The van der Waals surface area contributed by atoms with Crippen molar-refractivity contribution in [1.29, 1.82) is 0 Å². The summed E-state index contributed by atoms with van der Waals surface area (Å²) in [7, 11) is 0. The van der Waals surface area contributed by atoms with Gasteiger partial charge in [0, 0.05) is 5.56 Å². The van der Waals surface area contributed by atoms with E-state index in [0.717, 1.165) is 5.56 Å². The van der Waals surface area contributed by atoms with E-state index in [1.807, 2.05) is 30.3 Å². The van der Waals surface area contributed by atoms with E-state index < -0.39 is 0 Å². The van der Waals surface area contributed by atoms with Gasteiger partial charge in [0.05, 0.1) is 0 Å². The van der Waals surface area contributed by atoms with Crippen molar-refractivity contribution in [3.8, 4) is 11.8 Å². The molecule has 1 saturated heterocycles. The summed E-state index contributed by atoms with van der Waals surface area (Å²) in [6.45, 7) is 3.64. The van der Waals surface area contributed by atoms with E-state index in [9.17, 15) is 0 Å². The minimum Gasteiger partial charge on any atom is -0.351 e. The molecule has 1 fully saturated rings. The van der Waals surface area contributed by atoms with E-state index in [2.05, 4.69) is 18.4 Å². The van der Waals surface area contributed by atoms with Crippen LogP contribution in [0.25, 0.3) is 0 Å². The highest BCUT2D eigenvalue weighted by molar-refractivity contribution is 5.36. The fourth-order valence-corrected chi connectivity index (χ4v) is 1.10. The molecule has 0 bridgehead atoms. The normalized spacial score (nSPS) is 24.3. The highest BCUT2D eigenvalue weighted by Crippen LogP contribution is 2.21. The van der Waals surface area contributed by atoms with Gasteiger partial charge in [-0.1, -0.05) is 36.1 Å². The summed E-state index contributed by atoms with van der Waals surface area (Å²) in [4.78, 5) is 0. The van der Waals surface area contributed by atoms with Gasteiger partial charge in [0.2, 0.25) is 0 Å². The molecule has 0 spiro atoms. The molecule has 2 atom stereocenters.